The Labute approximate surface area is 88.1 Å². The standard InChI is InChI=1S/C11H22O2Si/c1-11(2,3)14(4,5)10(13)8-6-7-9-12/h9H,6-8H2,1-5H3. The van der Waals surface area contributed by atoms with Crippen LogP contribution in [0.1, 0.15) is 40.0 Å². The van der Waals surface area contributed by atoms with Crippen molar-refractivity contribution in [3.63, 3.8) is 0 Å². The first-order valence-electron chi connectivity index (χ1n) is 5.20. The summed E-state index contributed by atoms with van der Waals surface area (Å²) in [5.74, 6) is 0. The van der Waals surface area contributed by atoms with Gasteiger partial charge in [-0.2, -0.15) is 0 Å². The fourth-order valence-corrected chi connectivity index (χ4v) is 2.72. The Morgan fingerprint density at radius 1 is 1.29 bits per heavy atom. The minimum absolute atomic E-state index is 0.116. The average molecular weight is 214 g/mol. The van der Waals surface area contributed by atoms with Gasteiger partial charge in [0.05, 0.1) is 0 Å². The molecule has 0 aromatic carbocycles. The Morgan fingerprint density at radius 3 is 2.14 bits per heavy atom. The molecule has 0 radical (unpaired) electrons. The number of hydrogen-bond donors (Lipinski definition) is 0. The van der Waals surface area contributed by atoms with Gasteiger partial charge in [-0.05, 0) is 11.5 Å². The fraction of sp³-hybridized carbons (Fsp3) is 0.818. The van der Waals surface area contributed by atoms with Gasteiger partial charge in [0.15, 0.2) is 0 Å². The minimum atomic E-state index is -1.81. The molecule has 0 amide bonds. The van der Waals surface area contributed by atoms with E-state index >= 15 is 0 Å². The molecule has 0 aliphatic rings. The van der Waals surface area contributed by atoms with E-state index < -0.39 is 8.07 Å². The van der Waals surface area contributed by atoms with Crippen molar-refractivity contribution in [1.29, 1.82) is 0 Å². The number of carbonyl (C=O) groups excluding carboxylic acids is 2. The van der Waals surface area contributed by atoms with Crippen LogP contribution in [-0.4, -0.2) is 19.8 Å². The Bertz CT molecular complexity index is 214. The monoisotopic (exact) mass is 214 g/mol. The molecule has 0 N–H and O–H groups in total. The van der Waals surface area contributed by atoms with E-state index in [-0.39, 0.29) is 5.04 Å². The van der Waals surface area contributed by atoms with Gasteiger partial charge < -0.3 is 9.59 Å². The maximum absolute atomic E-state index is 11.9. The molecule has 0 unspecified atom stereocenters. The Balaban J connectivity index is 4.29. The molecule has 0 atom stereocenters. The largest absolute Gasteiger partial charge is 0.305 e. The smallest absolute Gasteiger partial charge is 0.132 e. The molecule has 0 aliphatic heterocycles. The van der Waals surface area contributed by atoms with E-state index in [1.165, 1.54) is 0 Å². The lowest BCUT2D eigenvalue weighted by molar-refractivity contribution is -0.113. The quantitative estimate of drug-likeness (QED) is 0.400. The van der Waals surface area contributed by atoms with Gasteiger partial charge in [0.1, 0.15) is 19.8 Å². The Kier molecular flexibility index (Phi) is 4.72. The Hall–Kier alpha value is -0.443. The molecule has 3 heteroatoms. The van der Waals surface area contributed by atoms with Crippen molar-refractivity contribution >= 4 is 19.8 Å². The second-order valence-electron chi connectivity index (χ2n) is 5.36. The maximum atomic E-state index is 11.9. The molecule has 0 saturated carbocycles. The third-order valence-electron chi connectivity index (χ3n) is 3.30. The summed E-state index contributed by atoms with van der Waals surface area (Å²) in [5, 5.41) is 0.512. The first-order valence-corrected chi connectivity index (χ1v) is 8.20. The van der Waals surface area contributed by atoms with Crippen LogP contribution in [0.3, 0.4) is 0 Å². The molecule has 0 aromatic heterocycles. The number of unbranched alkanes of at least 4 members (excludes halogenated alkanes) is 1. The average Bonchev–Trinajstić information content (AvgIpc) is 2.02. The second kappa shape index (κ2) is 4.87. The van der Waals surface area contributed by atoms with Crippen LogP contribution in [0.5, 0.6) is 0 Å². The lowest BCUT2D eigenvalue weighted by Gasteiger charge is -2.35. The first-order chi connectivity index (χ1) is 6.23. The summed E-state index contributed by atoms with van der Waals surface area (Å²) in [6.07, 6.45) is 2.70. The second-order valence-corrected chi connectivity index (χ2v) is 10.7. The molecule has 0 spiro atoms. The lowest BCUT2D eigenvalue weighted by Crippen LogP contribution is -2.46. The number of aldehydes is 1. The van der Waals surface area contributed by atoms with Gasteiger partial charge in [0.2, 0.25) is 0 Å². The van der Waals surface area contributed by atoms with Crippen molar-refractivity contribution < 1.29 is 9.59 Å². The molecule has 0 aliphatic carbocycles. The lowest BCUT2D eigenvalue weighted by atomic mass is 10.2. The van der Waals surface area contributed by atoms with Gasteiger partial charge in [0, 0.05) is 12.8 Å². The van der Waals surface area contributed by atoms with E-state index in [1.807, 2.05) is 0 Å². The van der Waals surface area contributed by atoms with E-state index in [0.717, 1.165) is 12.7 Å². The van der Waals surface area contributed by atoms with Crippen molar-refractivity contribution in [3.05, 3.63) is 0 Å². The topological polar surface area (TPSA) is 34.1 Å². The SMILES string of the molecule is CC(C)(C)[Si](C)(C)C(=O)CCCC=O. The van der Waals surface area contributed by atoms with Gasteiger partial charge in [0.25, 0.3) is 0 Å². The van der Waals surface area contributed by atoms with Crippen LogP contribution in [0.25, 0.3) is 0 Å². The van der Waals surface area contributed by atoms with Crippen LogP contribution in [0.4, 0.5) is 0 Å². The number of rotatable bonds is 5. The minimum Gasteiger partial charge on any atom is -0.305 e. The molecular formula is C11H22O2Si. The highest BCUT2D eigenvalue weighted by Gasteiger charge is 2.41. The van der Waals surface area contributed by atoms with Crippen LogP contribution in [0.2, 0.25) is 18.1 Å². The molecule has 2 nitrogen and oxygen atoms in total. The van der Waals surface area contributed by atoms with Crippen molar-refractivity contribution in [2.75, 3.05) is 0 Å². The molecule has 0 aromatic rings. The van der Waals surface area contributed by atoms with Crippen LogP contribution in [-0.2, 0) is 9.59 Å². The third-order valence-corrected chi connectivity index (χ3v) is 8.69. The molecule has 14 heavy (non-hydrogen) atoms. The van der Waals surface area contributed by atoms with Crippen LogP contribution in [0.15, 0.2) is 0 Å². The van der Waals surface area contributed by atoms with E-state index in [9.17, 15) is 9.59 Å². The predicted molar refractivity (Wildman–Crippen MR) is 62.1 cm³/mol. The molecule has 0 fully saturated rings. The maximum Gasteiger partial charge on any atom is 0.132 e. The zero-order valence-electron chi connectivity index (χ0n) is 10.0. The molecule has 0 saturated heterocycles. The van der Waals surface area contributed by atoms with Crippen LogP contribution < -0.4 is 0 Å². The van der Waals surface area contributed by atoms with Crippen LogP contribution >= 0.6 is 0 Å². The number of hydrogen-bond acceptors (Lipinski definition) is 2. The zero-order valence-corrected chi connectivity index (χ0v) is 11.0. The highest BCUT2D eigenvalue weighted by molar-refractivity contribution is 7.06. The highest BCUT2D eigenvalue weighted by Crippen LogP contribution is 2.37. The summed E-state index contributed by atoms with van der Waals surface area (Å²) in [6, 6.07) is 0. The van der Waals surface area contributed by atoms with Gasteiger partial charge in [-0.1, -0.05) is 33.9 Å². The number of carbonyl (C=O) groups is 2. The normalized spacial score (nSPS) is 12.6. The summed E-state index contributed by atoms with van der Waals surface area (Å²) in [6.45, 7) is 10.6. The van der Waals surface area contributed by atoms with Crippen molar-refractivity contribution in [1.82, 2.24) is 0 Å². The van der Waals surface area contributed by atoms with Crippen molar-refractivity contribution in [2.24, 2.45) is 0 Å². The molecular weight excluding hydrogens is 192 g/mol. The van der Waals surface area contributed by atoms with E-state index in [2.05, 4.69) is 33.9 Å². The van der Waals surface area contributed by atoms with Crippen LogP contribution in [0, 0.1) is 0 Å². The molecule has 0 bridgehead atoms. The van der Waals surface area contributed by atoms with Crippen molar-refractivity contribution in [2.45, 2.75) is 58.2 Å². The summed E-state index contributed by atoms with van der Waals surface area (Å²) in [7, 11) is -1.81. The van der Waals surface area contributed by atoms with Gasteiger partial charge >= 0.3 is 0 Å². The molecule has 0 rings (SSSR count). The zero-order chi connectivity index (χ0) is 11.4. The molecule has 82 valence electrons. The fourth-order valence-electron chi connectivity index (χ4n) is 1.08. The van der Waals surface area contributed by atoms with Crippen molar-refractivity contribution in [3.8, 4) is 0 Å². The van der Waals surface area contributed by atoms with Gasteiger partial charge in [-0.3, -0.25) is 0 Å². The first kappa shape index (κ1) is 13.6. The summed E-state index contributed by atoms with van der Waals surface area (Å²) in [4.78, 5) is 22.1. The molecule has 0 heterocycles. The highest BCUT2D eigenvalue weighted by atomic mass is 28.3. The van der Waals surface area contributed by atoms with Gasteiger partial charge in [-0.15, -0.1) is 0 Å². The Morgan fingerprint density at radius 2 is 1.79 bits per heavy atom. The van der Waals surface area contributed by atoms with E-state index in [0.29, 0.717) is 18.2 Å². The van der Waals surface area contributed by atoms with E-state index in [4.69, 9.17) is 0 Å². The van der Waals surface area contributed by atoms with Gasteiger partial charge in [-0.25, -0.2) is 0 Å². The predicted octanol–water partition coefficient (Wildman–Crippen LogP) is 2.97. The summed E-state index contributed by atoms with van der Waals surface area (Å²) in [5.41, 5.74) is 0. The summed E-state index contributed by atoms with van der Waals surface area (Å²) >= 11 is 0. The third kappa shape index (κ3) is 3.37. The summed E-state index contributed by atoms with van der Waals surface area (Å²) < 4.78 is 0. The van der Waals surface area contributed by atoms with E-state index in [1.54, 1.807) is 0 Å².